The number of hydrogen-bond donors (Lipinski definition) is 1. The number of benzene rings is 1. The Bertz CT molecular complexity index is 352. The molecule has 0 aliphatic rings. The Balaban J connectivity index is 2.52. The lowest BCUT2D eigenvalue weighted by molar-refractivity contribution is -0.0283. The van der Waals surface area contributed by atoms with Crippen LogP contribution in [0.25, 0.3) is 0 Å². The van der Waals surface area contributed by atoms with E-state index in [9.17, 15) is 0 Å². The average Bonchev–Trinajstić information content (AvgIpc) is 2.52. The third-order valence-electron chi connectivity index (χ3n) is 4.12. The van der Waals surface area contributed by atoms with Crippen molar-refractivity contribution < 1.29 is 4.74 Å². The van der Waals surface area contributed by atoms with E-state index in [1.165, 1.54) is 37.7 Å². The Morgan fingerprint density at radius 3 is 2.33 bits per heavy atom. The molecule has 0 aliphatic heterocycles. The molecule has 1 aromatic carbocycles. The molecule has 0 fully saturated rings. The fourth-order valence-electron chi connectivity index (χ4n) is 2.86. The summed E-state index contributed by atoms with van der Waals surface area (Å²) in [5, 5.41) is 3.43. The standard InChI is InChI=1S/C19H33NO/c1-5-7-8-10-13-16(3)21-18(6-2)19(20-4)17-14-11-9-12-15-17/h9,11-12,14-16,18-20H,5-8,10,13H2,1-4H3. The van der Waals surface area contributed by atoms with Crippen LogP contribution in [0.2, 0.25) is 0 Å². The molecular weight excluding hydrogens is 258 g/mol. The summed E-state index contributed by atoms with van der Waals surface area (Å²) < 4.78 is 6.32. The largest absolute Gasteiger partial charge is 0.373 e. The van der Waals surface area contributed by atoms with E-state index in [-0.39, 0.29) is 12.1 Å². The lowest BCUT2D eigenvalue weighted by atomic mass is 9.99. The van der Waals surface area contributed by atoms with Gasteiger partial charge in [-0.05, 0) is 32.4 Å². The SMILES string of the molecule is CCCCCCC(C)OC(CC)C(NC)c1ccccc1. The fourth-order valence-corrected chi connectivity index (χ4v) is 2.86. The highest BCUT2D eigenvalue weighted by atomic mass is 16.5. The maximum atomic E-state index is 6.32. The van der Waals surface area contributed by atoms with Gasteiger partial charge in [0.05, 0.1) is 18.2 Å². The first-order chi connectivity index (χ1) is 10.2. The zero-order chi connectivity index (χ0) is 15.5. The molecule has 1 N–H and O–H groups in total. The van der Waals surface area contributed by atoms with Crippen molar-refractivity contribution >= 4 is 0 Å². The van der Waals surface area contributed by atoms with Gasteiger partial charge in [-0.25, -0.2) is 0 Å². The number of nitrogens with one attached hydrogen (secondary N) is 1. The number of unbranched alkanes of at least 4 members (excludes halogenated alkanes) is 3. The molecule has 3 unspecified atom stereocenters. The third-order valence-corrected chi connectivity index (χ3v) is 4.12. The third kappa shape index (κ3) is 6.62. The zero-order valence-corrected chi connectivity index (χ0v) is 14.3. The van der Waals surface area contributed by atoms with Crippen molar-refractivity contribution in [2.75, 3.05) is 7.05 Å². The van der Waals surface area contributed by atoms with Gasteiger partial charge in [-0.3, -0.25) is 0 Å². The van der Waals surface area contributed by atoms with E-state index >= 15 is 0 Å². The maximum Gasteiger partial charge on any atom is 0.0770 e. The molecule has 0 saturated heterocycles. The maximum absolute atomic E-state index is 6.32. The van der Waals surface area contributed by atoms with Crippen LogP contribution in [-0.4, -0.2) is 19.3 Å². The summed E-state index contributed by atoms with van der Waals surface area (Å²) in [6.07, 6.45) is 8.01. The molecular formula is C19H33NO. The molecule has 0 radical (unpaired) electrons. The minimum Gasteiger partial charge on any atom is -0.373 e. The normalized spacial score (nSPS) is 15.6. The van der Waals surface area contributed by atoms with Gasteiger partial charge in [-0.1, -0.05) is 69.9 Å². The van der Waals surface area contributed by atoms with E-state index in [1.54, 1.807) is 0 Å². The first kappa shape index (κ1) is 18.2. The average molecular weight is 291 g/mol. The molecule has 0 aliphatic carbocycles. The summed E-state index contributed by atoms with van der Waals surface area (Å²) in [6, 6.07) is 10.9. The second-order valence-corrected chi connectivity index (χ2v) is 5.92. The van der Waals surface area contributed by atoms with E-state index in [0.29, 0.717) is 6.10 Å². The minimum absolute atomic E-state index is 0.235. The monoisotopic (exact) mass is 291 g/mol. The van der Waals surface area contributed by atoms with Gasteiger partial charge in [0, 0.05) is 0 Å². The Morgan fingerprint density at radius 1 is 1.05 bits per heavy atom. The number of hydrogen-bond acceptors (Lipinski definition) is 2. The molecule has 2 nitrogen and oxygen atoms in total. The highest BCUT2D eigenvalue weighted by Crippen LogP contribution is 2.23. The van der Waals surface area contributed by atoms with Crippen molar-refractivity contribution in [3.63, 3.8) is 0 Å². The van der Waals surface area contributed by atoms with Crippen LogP contribution in [0.5, 0.6) is 0 Å². The fraction of sp³-hybridized carbons (Fsp3) is 0.684. The molecule has 0 saturated carbocycles. The second kappa shape index (κ2) is 10.8. The van der Waals surface area contributed by atoms with Gasteiger partial charge in [0.15, 0.2) is 0 Å². The van der Waals surface area contributed by atoms with E-state index in [1.807, 2.05) is 7.05 Å². The predicted octanol–water partition coefficient (Wildman–Crippen LogP) is 5.10. The number of ether oxygens (including phenoxy) is 1. The van der Waals surface area contributed by atoms with Crippen molar-refractivity contribution in [3.05, 3.63) is 35.9 Å². The van der Waals surface area contributed by atoms with E-state index in [4.69, 9.17) is 4.74 Å². The topological polar surface area (TPSA) is 21.3 Å². The molecule has 0 spiro atoms. The van der Waals surface area contributed by atoms with Gasteiger partial charge < -0.3 is 10.1 Å². The summed E-state index contributed by atoms with van der Waals surface area (Å²) in [7, 11) is 2.02. The highest BCUT2D eigenvalue weighted by Gasteiger charge is 2.22. The molecule has 1 rings (SSSR count). The van der Waals surface area contributed by atoms with Crippen LogP contribution in [-0.2, 0) is 4.74 Å². The quantitative estimate of drug-likeness (QED) is 0.573. The Labute approximate surface area is 131 Å². The van der Waals surface area contributed by atoms with Crippen molar-refractivity contribution in [2.24, 2.45) is 0 Å². The van der Waals surface area contributed by atoms with Gasteiger partial charge in [0.25, 0.3) is 0 Å². The van der Waals surface area contributed by atoms with Crippen LogP contribution in [0.15, 0.2) is 30.3 Å². The molecule has 1 aromatic rings. The van der Waals surface area contributed by atoms with Gasteiger partial charge in [0.2, 0.25) is 0 Å². The summed E-state index contributed by atoms with van der Waals surface area (Å²) in [5.41, 5.74) is 1.31. The smallest absolute Gasteiger partial charge is 0.0770 e. The van der Waals surface area contributed by atoms with Gasteiger partial charge >= 0.3 is 0 Å². The molecule has 0 aromatic heterocycles. The molecule has 3 atom stereocenters. The lowest BCUT2D eigenvalue weighted by Gasteiger charge is -2.29. The van der Waals surface area contributed by atoms with Crippen LogP contribution >= 0.6 is 0 Å². The number of rotatable bonds is 11. The van der Waals surface area contributed by atoms with Crippen molar-refractivity contribution in [2.45, 2.75) is 77.5 Å². The van der Waals surface area contributed by atoms with Crippen LogP contribution in [0.3, 0.4) is 0 Å². The van der Waals surface area contributed by atoms with E-state index in [0.717, 1.165) is 6.42 Å². The lowest BCUT2D eigenvalue weighted by Crippen LogP contribution is -2.33. The van der Waals surface area contributed by atoms with Gasteiger partial charge in [-0.2, -0.15) is 0 Å². The van der Waals surface area contributed by atoms with E-state index in [2.05, 4.69) is 56.4 Å². The molecule has 0 heterocycles. The van der Waals surface area contributed by atoms with Gasteiger partial charge in [0.1, 0.15) is 0 Å². The van der Waals surface area contributed by atoms with Crippen LogP contribution < -0.4 is 5.32 Å². The van der Waals surface area contributed by atoms with E-state index < -0.39 is 0 Å². The van der Waals surface area contributed by atoms with Crippen molar-refractivity contribution in [3.8, 4) is 0 Å². The summed E-state index contributed by atoms with van der Waals surface area (Å²) in [4.78, 5) is 0. The van der Waals surface area contributed by atoms with Crippen molar-refractivity contribution in [1.82, 2.24) is 5.32 Å². The Kier molecular flexibility index (Phi) is 9.36. The second-order valence-electron chi connectivity index (χ2n) is 5.92. The molecule has 0 amide bonds. The molecule has 120 valence electrons. The summed E-state index contributed by atoms with van der Waals surface area (Å²) in [5.74, 6) is 0. The molecule has 2 heteroatoms. The van der Waals surface area contributed by atoms with Crippen molar-refractivity contribution in [1.29, 1.82) is 0 Å². The summed E-state index contributed by atoms with van der Waals surface area (Å²) >= 11 is 0. The minimum atomic E-state index is 0.235. The first-order valence-corrected chi connectivity index (χ1v) is 8.60. The Hall–Kier alpha value is -0.860. The highest BCUT2D eigenvalue weighted by molar-refractivity contribution is 5.20. The van der Waals surface area contributed by atoms with Crippen LogP contribution in [0, 0.1) is 0 Å². The predicted molar refractivity (Wildman–Crippen MR) is 91.6 cm³/mol. The molecule has 0 bridgehead atoms. The first-order valence-electron chi connectivity index (χ1n) is 8.60. The Morgan fingerprint density at radius 2 is 1.76 bits per heavy atom. The van der Waals surface area contributed by atoms with Crippen LogP contribution in [0.4, 0.5) is 0 Å². The summed E-state index contributed by atoms with van der Waals surface area (Å²) in [6.45, 7) is 6.68. The van der Waals surface area contributed by atoms with Gasteiger partial charge in [-0.15, -0.1) is 0 Å². The van der Waals surface area contributed by atoms with Crippen LogP contribution in [0.1, 0.15) is 70.9 Å². The zero-order valence-electron chi connectivity index (χ0n) is 14.3. The number of likely N-dealkylation sites (N-methyl/N-ethyl adjacent to an activating group) is 1. The molecule has 21 heavy (non-hydrogen) atoms.